The largest absolute Gasteiger partial charge is 0.379 e. The van der Waals surface area contributed by atoms with Gasteiger partial charge in [0.25, 0.3) is 0 Å². The number of imidazole rings is 1. The molecule has 6 heteroatoms. The summed E-state index contributed by atoms with van der Waals surface area (Å²) in [6.45, 7) is 5.29. The summed E-state index contributed by atoms with van der Waals surface area (Å²) in [6.07, 6.45) is 0. The fourth-order valence-electron chi connectivity index (χ4n) is 2.13. The minimum atomic E-state index is -0.169. The summed E-state index contributed by atoms with van der Waals surface area (Å²) < 4.78 is 5.55. The number of aromatic amines is 2. The van der Waals surface area contributed by atoms with E-state index >= 15 is 0 Å². The highest BCUT2D eigenvalue weighted by Gasteiger charge is 2.06. The van der Waals surface area contributed by atoms with E-state index in [-0.39, 0.29) is 11.7 Å². The second-order valence-corrected chi connectivity index (χ2v) is 5.48. The maximum Gasteiger partial charge on any atom is 0.323 e. The monoisotopic (exact) mass is 292 g/mol. The van der Waals surface area contributed by atoms with Gasteiger partial charge < -0.3 is 24.9 Å². The van der Waals surface area contributed by atoms with Crippen molar-refractivity contribution in [2.24, 2.45) is 0 Å². The first kappa shape index (κ1) is 15.8. The average molecular weight is 292 g/mol. The topological polar surface area (TPSA) is 73.2 Å². The molecule has 1 aromatic heterocycles. The second-order valence-electron chi connectivity index (χ2n) is 5.48. The first-order chi connectivity index (χ1) is 10.1. The van der Waals surface area contributed by atoms with Crippen LogP contribution < -0.4 is 11.0 Å². The minimum Gasteiger partial charge on any atom is -0.379 e. The normalized spacial score (nSPS) is 13.1. The number of likely N-dealkylation sites (N-methyl/N-ethyl adjacent to an activating group) is 1. The fraction of sp³-hybridized carbons (Fsp3) is 0.533. The van der Waals surface area contributed by atoms with Crippen molar-refractivity contribution < 1.29 is 4.74 Å². The summed E-state index contributed by atoms with van der Waals surface area (Å²) in [5.41, 5.74) is 2.65. The van der Waals surface area contributed by atoms with Gasteiger partial charge in [0.05, 0.1) is 24.2 Å². The number of H-pyrrole nitrogens is 2. The number of rotatable bonds is 8. The third-order valence-corrected chi connectivity index (χ3v) is 3.42. The van der Waals surface area contributed by atoms with Gasteiger partial charge in [0.15, 0.2) is 0 Å². The summed E-state index contributed by atoms with van der Waals surface area (Å²) in [5.74, 6) is 0. The minimum absolute atomic E-state index is 0.169. The standard InChI is InChI=1S/C15H24N4O2/c1-11(16-6-8-21-9-7-19(2)3)12-4-5-13-14(10-12)18-15(20)17-13/h4-5,10-11,16H,6-9H2,1-3H3,(H2,17,18,20). The molecule has 0 fully saturated rings. The molecule has 0 aliphatic heterocycles. The third kappa shape index (κ3) is 4.70. The SMILES string of the molecule is CC(NCCOCCN(C)C)c1ccc2[nH]c(=O)[nH]c2c1. The molecule has 6 nitrogen and oxygen atoms in total. The van der Waals surface area contributed by atoms with Crippen LogP contribution in [-0.2, 0) is 4.74 Å². The Balaban J connectivity index is 1.79. The number of nitrogens with one attached hydrogen (secondary N) is 3. The Bertz CT molecular complexity index is 617. The van der Waals surface area contributed by atoms with Gasteiger partial charge in [-0.2, -0.15) is 0 Å². The predicted octanol–water partition coefficient (Wildman–Crippen LogP) is 1.08. The van der Waals surface area contributed by atoms with E-state index in [0.717, 1.165) is 36.3 Å². The van der Waals surface area contributed by atoms with Crippen LogP contribution in [0.4, 0.5) is 0 Å². The van der Waals surface area contributed by atoms with E-state index in [1.54, 1.807) is 0 Å². The van der Waals surface area contributed by atoms with Crippen molar-refractivity contribution in [3.05, 3.63) is 34.2 Å². The Labute approximate surface area is 124 Å². The highest BCUT2D eigenvalue weighted by atomic mass is 16.5. The van der Waals surface area contributed by atoms with Gasteiger partial charge in [-0.1, -0.05) is 6.07 Å². The molecule has 0 aliphatic rings. The first-order valence-corrected chi connectivity index (χ1v) is 7.24. The van der Waals surface area contributed by atoms with Crippen LogP contribution in [0, 0.1) is 0 Å². The molecule has 0 bridgehead atoms. The Morgan fingerprint density at radius 3 is 2.76 bits per heavy atom. The van der Waals surface area contributed by atoms with Gasteiger partial charge in [0.1, 0.15) is 0 Å². The molecule has 1 heterocycles. The third-order valence-electron chi connectivity index (χ3n) is 3.42. The first-order valence-electron chi connectivity index (χ1n) is 7.24. The fourth-order valence-corrected chi connectivity index (χ4v) is 2.13. The molecule has 0 aliphatic carbocycles. The molecule has 1 aromatic carbocycles. The number of ether oxygens (including phenoxy) is 1. The summed E-state index contributed by atoms with van der Waals surface area (Å²) >= 11 is 0. The maximum absolute atomic E-state index is 11.2. The molecule has 2 rings (SSSR count). The van der Waals surface area contributed by atoms with Crippen LogP contribution in [0.5, 0.6) is 0 Å². The lowest BCUT2D eigenvalue weighted by Crippen LogP contribution is -2.25. The Kier molecular flexibility index (Phi) is 5.55. The van der Waals surface area contributed by atoms with Gasteiger partial charge in [-0.15, -0.1) is 0 Å². The molecule has 0 spiro atoms. The van der Waals surface area contributed by atoms with Crippen molar-refractivity contribution in [1.82, 2.24) is 20.2 Å². The molecule has 21 heavy (non-hydrogen) atoms. The Morgan fingerprint density at radius 1 is 1.24 bits per heavy atom. The van der Waals surface area contributed by atoms with Gasteiger partial charge in [-0.05, 0) is 38.7 Å². The van der Waals surface area contributed by atoms with E-state index in [1.807, 2.05) is 32.3 Å². The van der Waals surface area contributed by atoms with Crippen LogP contribution in [0.3, 0.4) is 0 Å². The molecule has 3 N–H and O–H groups in total. The zero-order valence-corrected chi connectivity index (χ0v) is 12.9. The summed E-state index contributed by atoms with van der Waals surface area (Å²) in [5, 5.41) is 3.42. The van der Waals surface area contributed by atoms with E-state index in [9.17, 15) is 4.79 Å². The van der Waals surface area contributed by atoms with Crippen molar-refractivity contribution >= 4 is 11.0 Å². The molecular formula is C15H24N4O2. The highest BCUT2D eigenvalue weighted by molar-refractivity contribution is 5.75. The number of nitrogens with zero attached hydrogens (tertiary/aromatic N) is 1. The van der Waals surface area contributed by atoms with Crippen molar-refractivity contribution in [1.29, 1.82) is 0 Å². The van der Waals surface area contributed by atoms with Crippen LogP contribution in [0.25, 0.3) is 11.0 Å². The zero-order valence-electron chi connectivity index (χ0n) is 12.9. The summed E-state index contributed by atoms with van der Waals surface area (Å²) in [4.78, 5) is 18.9. The van der Waals surface area contributed by atoms with E-state index in [2.05, 4.69) is 27.1 Å². The van der Waals surface area contributed by atoms with E-state index < -0.39 is 0 Å². The van der Waals surface area contributed by atoms with E-state index in [1.165, 1.54) is 0 Å². The Morgan fingerprint density at radius 2 is 2.00 bits per heavy atom. The molecule has 1 unspecified atom stereocenters. The lowest BCUT2D eigenvalue weighted by molar-refractivity contribution is 0.118. The van der Waals surface area contributed by atoms with Crippen LogP contribution in [0.2, 0.25) is 0 Å². The smallest absolute Gasteiger partial charge is 0.323 e. The molecule has 1 atom stereocenters. The van der Waals surface area contributed by atoms with Crippen molar-refractivity contribution in [2.45, 2.75) is 13.0 Å². The van der Waals surface area contributed by atoms with E-state index in [0.29, 0.717) is 6.61 Å². The zero-order chi connectivity index (χ0) is 15.2. The van der Waals surface area contributed by atoms with Crippen LogP contribution in [0.15, 0.2) is 23.0 Å². The van der Waals surface area contributed by atoms with Gasteiger partial charge in [-0.3, -0.25) is 0 Å². The second kappa shape index (κ2) is 7.40. The number of hydrogen-bond acceptors (Lipinski definition) is 4. The maximum atomic E-state index is 11.2. The van der Waals surface area contributed by atoms with Gasteiger partial charge >= 0.3 is 5.69 Å². The molecular weight excluding hydrogens is 268 g/mol. The lowest BCUT2D eigenvalue weighted by atomic mass is 10.1. The summed E-state index contributed by atoms with van der Waals surface area (Å²) in [7, 11) is 4.07. The van der Waals surface area contributed by atoms with Gasteiger partial charge in [0, 0.05) is 19.1 Å². The molecule has 0 amide bonds. The lowest BCUT2D eigenvalue weighted by Gasteiger charge is -2.15. The van der Waals surface area contributed by atoms with Crippen LogP contribution >= 0.6 is 0 Å². The quantitative estimate of drug-likeness (QED) is 0.637. The number of hydrogen-bond donors (Lipinski definition) is 3. The Hall–Kier alpha value is -1.63. The molecule has 0 saturated heterocycles. The number of aromatic nitrogens is 2. The highest BCUT2D eigenvalue weighted by Crippen LogP contribution is 2.16. The van der Waals surface area contributed by atoms with Gasteiger partial charge in [0.2, 0.25) is 0 Å². The van der Waals surface area contributed by atoms with Crippen LogP contribution in [0.1, 0.15) is 18.5 Å². The van der Waals surface area contributed by atoms with Crippen molar-refractivity contribution in [3.8, 4) is 0 Å². The number of benzene rings is 1. The number of fused-ring (bicyclic) bond motifs is 1. The molecule has 0 saturated carbocycles. The average Bonchev–Trinajstić information content (AvgIpc) is 2.81. The molecule has 116 valence electrons. The summed E-state index contributed by atoms with van der Waals surface area (Å²) in [6, 6.07) is 6.16. The van der Waals surface area contributed by atoms with Crippen LogP contribution in [-0.4, -0.2) is 55.3 Å². The van der Waals surface area contributed by atoms with Crippen molar-refractivity contribution in [2.75, 3.05) is 40.4 Å². The van der Waals surface area contributed by atoms with E-state index in [4.69, 9.17) is 4.74 Å². The molecule has 2 aromatic rings. The van der Waals surface area contributed by atoms with Gasteiger partial charge in [-0.25, -0.2) is 4.79 Å². The molecule has 0 radical (unpaired) electrons. The van der Waals surface area contributed by atoms with Crippen molar-refractivity contribution in [3.63, 3.8) is 0 Å². The predicted molar refractivity (Wildman–Crippen MR) is 84.7 cm³/mol.